The quantitative estimate of drug-likeness (QED) is 0.545. The molecule has 0 bridgehead atoms. The predicted molar refractivity (Wildman–Crippen MR) is 144 cm³/mol. The topological polar surface area (TPSA) is 91.0 Å². The molecule has 37 heavy (non-hydrogen) atoms. The lowest BCUT2D eigenvalue weighted by atomic mass is 9.93. The molecule has 0 unspecified atom stereocenters. The number of nitrogens with zero attached hydrogens (tertiary/aromatic N) is 2. The lowest BCUT2D eigenvalue weighted by Crippen LogP contribution is -2.54. The highest BCUT2D eigenvalue weighted by Gasteiger charge is 2.33. The Morgan fingerprint density at radius 2 is 1.92 bits per heavy atom. The summed E-state index contributed by atoms with van der Waals surface area (Å²) in [6, 6.07) is 11.5. The largest absolute Gasteiger partial charge is 0.494 e. The van der Waals surface area contributed by atoms with Gasteiger partial charge in [0.2, 0.25) is 5.91 Å². The monoisotopic (exact) mass is 526 g/mol. The number of halogens is 1. The third-order valence-electron chi connectivity index (χ3n) is 6.94. The molecule has 2 atom stereocenters. The van der Waals surface area contributed by atoms with Gasteiger partial charge in [-0.05, 0) is 69.4 Å². The second-order valence-electron chi connectivity index (χ2n) is 9.82. The average Bonchev–Trinajstić information content (AvgIpc) is 3.01. The fraction of sp³-hybridized carbons (Fsp3) is 0.464. The first-order valence-electron chi connectivity index (χ1n) is 13.0. The molecule has 0 radical (unpaired) electrons. The molecule has 2 aromatic carbocycles. The normalized spacial score (nSPS) is 18.2. The van der Waals surface area contributed by atoms with Crippen LogP contribution < -0.4 is 20.3 Å². The number of anilines is 1. The van der Waals surface area contributed by atoms with Crippen LogP contribution in [0.5, 0.6) is 5.75 Å². The fourth-order valence-corrected chi connectivity index (χ4v) is 4.76. The first kappa shape index (κ1) is 26.8. The molecular weight excluding hydrogens is 492 g/mol. The maximum absolute atomic E-state index is 13.7. The number of para-hydroxylation sites is 1. The Bertz CT molecular complexity index is 1150. The third-order valence-corrected chi connectivity index (χ3v) is 7.25. The summed E-state index contributed by atoms with van der Waals surface area (Å²) in [5, 5.41) is 6.13. The zero-order valence-corrected chi connectivity index (χ0v) is 22.4. The Labute approximate surface area is 223 Å². The Morgan fingerprint density at radius 3 is 2.59 bits per heavy atom. The van der Waals surface area contributed by atoms with Crippen LogP contribution in [-0.4, -0.2) is 54.0 Å². The van der Waals surface area contributed by atoms with E-state index < -0.39 is 6.04 Å². The molecule has 198 valence electrons. The molecule has 1 heterocycles. The number of fused-ring (bicyclic) bond motifs is 1. The second-order valence-corrected chi connectivity index (χ2v) is 10.2. The van der Waals surface area contributed by atoms with Crippen LogP contribution in [0.4, 0.5) is 10.5 Å². The highest BCUT2D eigenvalue weighted by molar-refractivity contribution is 6.34. The second kappa shape index (κ2) is 11.9. The summed E-state index contributed by atoms with van der Waals surface area (Å²) in [5.41, 5.74) is 1.93. The van der Waals surface area contributed by atoms with Gasteiger partial charge < -0.3 is 25.2 Å². The Hall–Kier alpha value is -3.26. The molecule has 0 spiro atoms. The number of amides is 4. The van der Waals surface area contributed by atoms with Crippen LogP contribution in [0.15, 0.2) is 42.5 Å². The SMILES string of the molecule is CCCOc1ccc(C(=O)N2C[C@H](C)N(C(=O)N[C@H](C)C(=O)NC3CCC3)Cc3ccccc32)c(Cl)c1. The van der Waals surface area contributed by atoms with Crippen LogP contribution in [0, 0.1) is 0 Å². The molecule has 0 aromatic heterocycles. The van der Waals surface area contributed by atoms with Crippen molar-refractivity contribution in [1.29, 1.82) is 0 Å². The fourth-order valence-electron chi connectivity index (χ4n) is 4.51. The molecule has 2 aromatic rings. The maximum atomic E-state index is 13.7. The van der Waals surface area contributed by atoms with E-state index in [0.29, 0.717) is 29.5 Å². The minimum Gasteiger partial charge on any atom is -0.494 e. The molecule has 2 N–H and O–H groups in total. The zero-order valence-electron chi connectivity index (χ0n) is 21.6. The lowest BCUT2D eigenvalue weighted by Gasteiger charge is -2.31. The van der Waals surface area contributed by atoms with Gasteiger partial charge in [0.25, 0.3) is 5.91 Å². The standard InChI is InChI=1S/C28H35ClN4O4/c1-4-14-37-22-12-13-23(24(29)15-22)27(35)33-16-18(2)32(17-20-8-5-6-11-25(20)33)28(36)30-19(3)26(34)31-21-9-7-10-21/h5-6,8,11-13,15,18-19,21H,4,7,9-10,14,16-17H2,1-3H3,(H,30,36)(H,31,34)/t18-,19+/m0/s1. The molecule has 2 aliphatic rings. The number of carbonyl (C=O) groups excluding carboxylic acids is 3. The van der Waals surface area contributed by atoms with Gasteiger partial charge in [0.1, 0.15) is 11.8 Å². The van der Waals surface area contributed by atoms with E-state index >= 15 is 0 Å². The average molecular weight is 527 g/mol. The van der Waals surface area contributed by atoms with Gasteiger partial charge in [0, 0.05) is 30.9 Å². The smallest absolute Gasteiger partial charge is 0.318 e. The summed E-state index contributed by atoms with van der Waals surface area (Å²) in [5.74, 6) is 0.187. The van der Waals surface area contributed by atoms with Crippen LogP contribution in [0.1, 0.15) is 62.4 Å². The number of ether oxygens (including phenoxy) is 1. The Balaban J connectivity index is 1.52. The molecule has 4 amide bonds. The van der Waals surface area contributed by atoms with E-state index in [4.69, 9.17) is 16.3 Å². The number of benzene rings is 2. The van der Waals surface area contributed by atoms with E-state index in [-0.39, 0.29) is 36.5 Å². The van der Waals surface area contributed by atoms with Crippen molar-refractivity contribution in [2.24, 2.45) is 0 Å². The van der Waals surface area contributed by atoms with Crippen LogP contribution in [0.3, 0.4) is 0 Å². The van der Waals surface area contributed by atoms with Crippen molar-refractivity contribution in [2.45, 2.75) is 71.1 Å². The molecule has 8 nitrogen and oxygen atoms in total. The van der Waals surface area contributed by atoms with Gasteiger partial charge in [-0.1, -0.05) is 36.7 Å². The van der Waals surface area contributed by atoms with Crippen LogP contribution in [0.2, 0.25) is 5.02 Å². The van der Waals surface area contributed by atoms with Gasteiger partial charge in [0.05, 0.1) is 17.2 Å². The number of urea groups is 1. The molecule has 1 aliphatic carbocycles. The van der Waals surface area contributed by atoms with Crippen molar-refractivity contribution in [3.05, 3.63) is 58.6 Å². The minimum absolute atomic E-state index is 0.182. The minimum atomic E-state index is -0.663. The summed E-state index contributed by atoms with van der Waals surface area (Å²) < 4.78 is 5.64. The molecular formula is C28H35ClN4O4. The number of rotatable bonds is 7. The first-order chi connectivity index (χ1) is 17.8. The highest BCUT2D eigenvalue weighted by atomic mass is 35.5. The van der Waals surface area contributed by atoms with E-state index in [1.807, 2.05) is 38.1 Å². The van der Waals surface area contributed by atoms with Crippen molar-refractivity contribution >= 4 is 35.1 Å². The van der Waals surface area contributed by atoms with Gasteiger partial charge in [0.15, 0.2) is 0 Å². The predicted octanol–water partition coefficient (Wildman–Crippen LogP) is 4.75. The van der Waals surface area contributed by atoms with Crippen LogP contribution >= 0.6 is 11.6 Å². The summed E-state index contributed by atoms with van der Waals surface area (Å²) in [6.07, 6.45) is 3.95. The highest BCUT2D eigenvalue weighted by Crippen LogP contribution is 2.31. The van der Waals surface area contributed by atoms with Crippen molar-refractivity contribution < 1.29 is 19.1 Å². The van der Waals surface area contributed by atoms with Crippen LogP contribution in [0.25, 0.3) is 0 Å². The number of hydrogen-bond acceptors (Lipinski definition) is 4. The van der Waals surface area contributed by atoms with Gasteiger partial charge in [-0.25, -0.2) is 4.79 Å². The zero-order chi connectivity index (χ0) is 26.5. The molecule has 1 saturated carbocycles. The first-order valence-corrected chi connectivity index (χ1v) is 13.4. The molecule has 0 saturated heterocycles. The Morgan fingerprint density at radius 1 is 1.16 bits per heavy atom. The van der Waals surface area contributed by atoms with Gasteiger partial charge in [-0.15, -0.1) is 0 Å². The van der Waals surface area contributed by atoms with Crippen molar-refractivity contribution in [1.82, 2.24) is 15.5 Å². The van der Waals surface area contributed by atoms with Crippen molar-refractivity contribution in [3.8, 4) is 5.75 Å². The van der Waals surface area contributed by atoms with Gasteiger partial charge >= 0.3 is 6.03 Å². The van der Waals surface area contributed by atoms with Crippen molar-refractivity contribution in [3.63, 3.8) is 0 Å². The molecule has 4 rings (SSSR count). The molecule has 1 fully saturated rings. The lowest BCUT2D eigenvalue weighted by molar-refractivity contribution is -0.123. The van der Waals surface area contributed by atoms with Gasteiger partial charge in [-0.3, -0.25) is 9.59 Å². The van der Waals surface area contributed by atoms with E-state index in [2.05, 4.69) is 10.6 Å². The van der Waals surface area contributed by atoms with Crippen LogP contribution in [-0.2, 0) is 11.3 Å². The summed E-state index contributed by atoms with van der Waals surface area (Å²) in [6.45, 7) is 6.76. The summed E-state index contributed by atoms with van der Waals surface area (Å²) in [7, 11) is 0. The Kier molecular flexibility index (Phi) is 8.59. The molecule has 9 heteroatoms. The van der Waals surface area contributed by atoms with Crippen molar-refractivity contribution in [2.75, 3.05) is 18.1 Å². The van der Waals surface area contributed by atoms with E-state index in [0.717, 1.165) is 36.9 Å². The summed E-state index contributed by atoms with van der Waals surface area (Å²) in [4.78, 5) is 42.8. The van der Waals surface area contributed by atoms with E-state index in [1.54, 1.807) is 34.9 Å². The number of hydrogen-bond donors (Lipinski definition) is 2. The van der Waals surface area contributed by atoms with Gasteiger partial charge in [-0.2, -0.15) is 0 Å². The summed E-state index contributed by atoms with van der Waals surface area (Å²) >= 11 is 6.50. The van der Waals surface area contributed by atoms with E-state index in [1.165, 1.54) is 0 Å². The third kappa shape index (κ3) is 6.18. The number of nitrogens with one attached hydrogen (secondary N) is 2. The van der Waals surface area contributed by atoms with E-state index in [9.17, 15) is 14.4 Å². The maximum Gasteiger partial charge on any atom is 0.318 e. The number of carbonyl (C=O) groups is 3. The molecule has 1 aliphatic heterocycles.